The summed E-state index contributed by atoms with van der Waals surface area (Å²) in [6.07, 6.45) is 4.86. The molecule has 0 spiro atoms. The minimum absolute atomic E-state index is 0.106. The molecule has 0 aromatic heterocycles. The van der Waals surface area contributed by atoms with Crippen LogP contribution in [0.2, 0.25) is 0 Å². The van der Waals surface area contributed by atoms with Crippen molar-refractivity contribution < 1.29 is 4.79 Å². The molecule has 1 aromatic rings. The van der Waals surface area contributed by atoms with Crippen molar-refractivity contribution >= 4 is 17.3 Å². The molecule has 1 aromatic carbocycles. The summed E-state index contributed by atoms with van der Waals surface area (Å²) in [5, 5.41) is 3.11. The Balaban J connectivity index is 1.98. The van der Waals surface area contributed by atoms with Crippen LogP contribution in [0.5, 0.6) is 0 Å². The molecule has 1 fully saturated rings. The van der Waals surface area contributed by atoms with Crippen LogP contribution >= 0.6 is 0 Å². The number of rotatable bonds is 7. The lowest BCUT2D eigenvalue weighted by molar-refractivity contribution is -0.118. The van der Waals surface area contributed by atoms with E-state index in [0.717, 1.165) is 37.3 Å². The predicted octanol–water partition coefficient (Wildman–Crippen LogP) is 4.04. The Morgan fingerprint density at radius 3 is 2.62 bits per heavy atom. The van der Waals surface area contributed by atoms with Crippen LogP contribution < -0.4 is 10.2 Å². The van der Waals surface area contributed by atoms with Crippen molar-refractivity contribution in [3.05, 3.63) is 23.8 Å². The lowest BCUT2D eigenvalue weighted by Crippen LogP contribution is -2.43. The second kappa shape index (κ2) is 9.07. The standard InChI is InChI=1S/C20H33N3O/c1-5-17-10-8-9-13-23(17)15-20(24)21-19-12-11-18(14-16(19)4)22(6-2)7-3/h11-12,14,17H,5-10,13,15H2,1-4H3,(H,21,24). The molecular formula is C20H33N3O. The molecule has 1 unspecified atom stereocenters. The van der Waals surface area contributed by atoms with Gasteiger partial charge in [-0.15, -0.1) is 0 Å². The number of carbonyl (C=O) groups excluding carboxylic acids is 1. The summed E-state index contributed by atoms with van der Waals surface area (Å²) in [6, 6.07) is 6.87. The topological polar surface area (TPSA) is 35.6 Å². The molecule has 24 heavy (non-hydrogen) atoms. The summed E-state index contributed by atoms with van der Waals surface area (Å²) in [5.41, 5.74) is 3.27. The third-order valence-electron chi connectivity index (χ3n) is 5.18. The summed E-state index contributed by atoms with van der Waals surface area (Å²) < 4.78 is 0. The summed E-state index contributed by atoms with van der Waals surface area (Å²) in [6.45, 7) is 12.2. The van der Waals surface area contributed by atoms with E-state index in [1.807, 2.05) is 6.07 Å². The first-order valence-corrected chi connectivity index (χ1v) is 9.48. The summed E-state index contributed by atoms with van der Waals surface area (Å²) in [4.78, 5) is 17.1. The zero-order valence-corrected chi connectivity index (χ0v) is 15.8. The highest BCUT2D eigenvalue weighted by atomic mass is 16.2. The molecule has 1 saturated heterocycles. The Morgan fingerprint density at radius 1 is 1.25 bits per heavy atom. The third-order valence-corrected chi connectivity index (χ3v) is 5.18. The van der Waals surface area contributed by atoms with Gasteiger partial charge in [-0.3, -0.25) is 9.69 Å². The molecule has 1 heterocycles. The SMILES string of the molecule is CCC1CCCCN1CC(=O)Nc1ccc(N(CC)CC)cc1C. The van der Waals surface area contributed by atoms with E-state index in [0.29, 0.717) is 12.6 Å². The molecule has 4 nitrogen and oxygen atoms in total. The van der Waals surface area contributed by atoms with Crippen molar-refractivity contribution in [2.45, 2.75) is 59.4 Å². The number of benzene rings is 1. The molecule has 1 aliphatic rings. The van der Waals surface area contributed by atoms with E-state index in [2.05, 4.69) is 54.9 Å². The Hall–Kier alpha value is -1.55. The fourth-order valence-electron chi connectivity index (χ4n) is 3.68. The van der Waals surface area contributed by atoms with Crippen molar-refractivity contribution in [3.63, 3.8) is 0 Å². The van der Waals surface area contributed by atoms with E-state index in [1.54, 1.807) is 0 Å². The fraction of sp³-hybridized carbons (Fsp3) is 0.650. The van der Waals surface area contributed by atoms with E-state index >= 15 is 0 Å². The molecule has 1 atom stereocenters. The molecule has 2 rings (SSSR count). The summed E-state index contributed by atoms with van der Waals surface area (Å²) in [5.74, 6) is 0.106. The maximum absolute atomic E-state index is 12.5. The third kappa shape index (κ3) is 4.73. The molecule has 0 radical (unpaired) electrons. The molecule has 0 bridgehead atoms. The Labute approximate surface area is 147 Å². The highest BCUT2D eigenvalue weighted by molar-refractivity contribution is 5.93. The maximum Gasteiger partial charge on any atom is 0.238 e. The number of piperidine rings is 1. The van der Waals surface area contributed by atoms with Gasteiger partial charge in [-0.1, -0.05) is 13.3 Å². The number of hydrogen-bond acceptors (Lipinski definition) is 3. The highest BCUT2D eigenvalue weighted by Crippen LogP contribution is 2.23. The van der Waals surface area contributed by atoms with Crippen LogP contribution in [0.25, 0.3) is 0 Å². The van der Waals surface area contributed by atoms with Crippen LogP contribution in [0.4, 0.5) is 11.4 Å². The van der Waals surface area contributed by atoms with E-state index in [1.165, 1.54) is 24.9 Å². The predicted molar refractivity (Wildman–Crippen MR) is 103 cm³/mol. The number of amides is 1. The van der Waals surface area contributed by atoms with Crippen LogP contribution in [0.1, 0.15) is 52.0 Å². The molecule has 1 N–H and O–H groups in total. The number of aryl methyl sites for hydroxylation is 1. The van der Waals surface area contributed by atoms with Gasteiger partial charge in [0.05, 0.1) is 6.54 Å². The second-order valence-electron chi connectivity index (χ2n) is 6.75. The Morgan fingerprint density at radius 2 is 2.00 bits per heavy atom. The zero-order valence-electron chi connectivity index (χ0n) is 15.8. The van der Waals surface area contributed by atoms with Crippen molar-refractivity contribution in [3.8, 4) is 0 Å². The van der Waals surface area contributed by atoms with Gasteiger partial charge in [0.15, 0.2) is 0 Å². The Bertz CT molecular complexity index is 540. The number of nitrogens with zero attached hydrogens (tertiary/aromatic N) is 2. The average Bonchev–Trinajstić information content (AvgIpc) is 2.59. The largest absolute Gasteiger partial charge is 0.372 e. The van der Waals surface area contributed by atoms with Gasteiger partial charge >= 0.3 is 0 Å². The van der Waals surface area contributed by atoms with Crippen molar-refractivity contribution in [2.75, 3.05) is 36.4 Å². The molecule has 134 valence electrons. The van der Waals surface area contributed by atoms with Crippen molar-refractivity contribution in [1.29, 1.82) is 0 Å². The maximum atomic E-state index is 12.5. The number of anilines is 2. The van der Waals surface area contributed by atoms with Crippen LogP contribution in [-0.4, -0.2) is 43.0 Å². The van der Waals surface area contributed by atoms with Gasteiger partial charge in [0, 0.05) is 30.5 Å². The van der Waals surface area contributed by atoms with Gasteiger partial charge in [-0.2, -0.15) is 0 Å². The molecule has 1 aliphatic heterocycles. The number of carbonyl (C=O) groups is 1. The first-order valence-electron chi connectivity index (χ1n) is 9.48. The van der Waals surface area contributed by atoms with Crippen LogP contribution in [0.3, 0.4) is 0 Å². The number of likely N-dealkylation sites (tertiary alicyclic amines) is 1. The number of hydrogen-bond donors (Lipinski definition) is 1. The fourth-order valence-corrected chi connectivity index (χ4v) is 3.68. The van der Waals surface area contributed by atoms with E-state index < -0.39 is 0 Å². The van der Waals surface area contributed by atoms with Gasteiger partial charge < -0.3 is 10.2 Å². The van der Waals surface area contributed by atoms with Crippen LogP contribution in [0.15, 0.2) is 18.2 Å². The van der Waals surface area contributed by atoms with Crippen LogP contribution in [0, 0.1) is 6.92 Å². The van der Waals surface area contributed by atoms with Crippen molar-refractivity contribution in [2.24, 2.45) is 0 Å². The number of nitrogens with one attached hydrogen (secondary N) is 1. The minimum Gasteiger partial charge on any atom is -0.372 e. The Kier molecular flexibility index (Phi) is 7.10. The highest BCUT2D eigenvalue weighted by Gasteiger charge is 2.22. The van der Waals surface area contributed by atoms with E-state index in [-0.39, 0.29) is 5.91 Å². The molecular weight excluding hydrogens is 298 g/mol. The summed E-state index contributed by atoms with van der Waals surface area (Å²) >= 11 is 0. The molecule has 0 aliphatic carbocycles. The van der Waals surface area contributed by atoms with Crippen molar-refractivity contribution in [1.82, 2.24) is 4.90 Å². The average molecular weight is 332 g/mol. The van der Waals surface area contributed by atoms with E-state index in [4.69, 9.17) is 0 Å². The first kappa shape index (κ1) is 18.8. The van der Waals surface area contributed by atoms with Gasteiger partial charge in [0.1, 0.15) is 0 Å². The van der Waals surface area contributed by atoms with Gasteiger partial charge in [0.25, 0.3) is 0 Å². The van der Waals surface area contributed by atoms with Gasteiger partial charge in [-0.05, 0) is 70.3 Å². The van der Waals surface area contributed by atoms with Gasteiger partial charge in [0.2, 0.25) is 5.91 Å². The first-order chi connectivity index (χ1) is 11.6. The quantitative estimate of drug-likeness (QED) is 0.819. The smallest absolute Gasteiger partial charge is 0.238 e. The lowest BCUT2D eigenvalue weighted by atomic mass is 10.00. The second-order valence-corrected chi connectivity index (χ2v) is 6.75. The van der Waals surface area contributed by atoms with E-state index in [9.17, 15) is 4.79 Å². The monoisotopic (exact) mass is 331 g/mol. The van der Waals surface area contributed by atoms with Gasteiger partial charge in [-0.25, -0.2) is 0 Å². The summed E-state index contributed by atoms with van der Waals surface area (Å²) in [7, 11) is 0. The molecule has 1 amide bonds. The molecule has 4 heteroatoms. The zero-order chi connectivity index (χ0) is 17.5. The lowest BCUT2D eigenvalue weighted by Gasteiger charge is -2.34. The minimum atomic E-state index is 0.106. The van der Waals surface area contributed by atoms with Crippen LogP contribution in [-0.2, 0) is 4.79 Å². The normalized spacial score (nSPS) is 18.4. The molecule has 0 saturated carbocycles.